The van der Waals surface area contributed by atoms with Gasteiger partial charge in [0.05, 0.1) is 10.6 Å². The molecule has 1 aliphatic heterocycles. The third kappa shape index (κ3) is 4.43. The number of hydrogen-bond donors (Lipinski definition) is 1. The van der Waals surface area contributed by atoms with Crippen molar-refractivity contribution in [2.24, 2.45) is 0 Å². The zero-order valence-electron chi connectivity index (χ0n) is 10.7. The van der Waals surface area contributed by atoms with Crippen LogP contribution in [0.5, 0.6) is 0 Å². The summed E-state index contributed by atoms with van der Waals surface area (Å²) >= 11 is 3.30. The molecule has 0 aliphatic carbocycles. The molecule has 0 amide bonds. The Balaban J connectivity index is 0.00000180. The molecule has 1 fully saturated rings. The summed E-state index contributed by atoms with van der Waals surface area (Å²) in [6.07, 6.45) is 0. The maximum Gasteiger partial charge on any atom is 0.179 e. The van der Waals surface area contributed by atoms with E-state index < -0.39 is 9.84 Å². The first-order valence-electron chi connectivity index (χ1n) is 5.88. The van der Waals surface area contributed by atoms with Crippen LogP contribution in [0.2, 0.25) is 0 Å². The van der Waals surface area contributed by atoms with Crippen molar-refractivity contribution in [3.8, 4) is 0 Å². The number of sulfone groups is 1. The Hall–Kier alpha value is -0.140. The lowest BCUT2D eigenvalue weighted by molar-refractivity contribution is 0.189. The molecular formula is C12H18BrClN2O2S. The highest BCUT2D eigenvalue weighted by molar-refractivity contribution is 9.10. The van der Waals surface area contributed by atoms with Gasteiger partial charge < -0.3 is 5.32 Å². The smallest absolute Gasteiger partial charge is 0.179 e. The Morgan fingerprint density at radius 1 is 1.32 bits per heavy atom. The maximum atomic E-state index is 12.1. The van der Waals surface area contributed by atoms with Gasteiger partial charge in [-0.05, 0) is 31.3 Å². The first kappa shape index (κ1) is 16.9. The van der Waals surface area contributed by atoms with Crippen molar-refractivity contribution in [2.75, 3.05) is 32.4 Å². The van der Waals surface area contributed by atoms with Gasteiger partial charge in [-0.25, -0.2) is 8.42 Å². The highest BCUT2D eigenvalue weighted by atomic mass is 79.9. The van der Waals surface area contributed by atoms with Gasteiger partial charge in [0.25, 0.3) is 0 Å². The third-order valence-corrected chi connectivity index (χ3v) is 5.51. The van der Waals surface area contributed by atoms with Crippen molar-refractivity contribution in [3.63, 3.8) is 0 Å². The second-order valence-corrected chi connectivity index (χ2v) is 7.59. The van der Waals surface area contributed by atoms with Gasteiger partial charge in [0.15, 0.2) is 9.84 Å². The molecule has 1 aromatic carbocycles. The van der Waals surface area contributed by atoms with Crippen molar-refractivity contribution < 1.29 is 8.42 Å². The summed E-state index contributed by atoms with van der Waals surface area (Å²) in [5.74, 6) is 0.168. The molecule has 1 saturated heterocycles. The van der Waals surface area contributed by atoms with Crippen LogP contribution in [0.25, 0.3) is 0 Å². The van der Waals surface area contributed by atoms with Crippen LogP contribution in [0.4, 0.5) is 0 Å². The van der Waals surface area contributed by atoms with E-state index in [4.69, 9.17) is 0 Å². The summed E-state index contributed by atoms with van der Waals surface area (Å²) < 4.78 is 25.1. The normalized spacial score (nSPS) is 15.9. The summed E-state index contributed by atoms with van der Waals surface area (Å²) in [7, 11) is -1.20. The van der Waals surface area contributed by atoms with E-state index in [0.29, 0.717) is 17.5 Å². The number of likely N-dealkylation sites (N-methyl/N-ethyl adjacent to an activating group) is 1. The van der Waals surface area contributed by atoms with Gasteiger partial charge in [-0.15, -0.1) is 12.4 Å². The lowest BCUT2D eigenvalue weighted by Gasteiger charge is -2.35. The predicted molar refractivity (Wildman–Crippen MR) is 82.7 cm³/mol. The van der Waals surface area contributed by atoms with Crippen LogP contribution in [-0.2, 0) is 9.84 Å². The fraction of sp³-hybridized carbons (Fsp3) is 0.500. The Kier molecular flexibility index (Phi) is 6.26. The first-order valence-corrected chi connectivity index (χ1v) is 8.33. The molecule has 0 atom stereocenters. The van der Waals surface area contributed by atoms with Gasteiger partial charge in [0.2, 0.25) is 0 Å². The molecule has 0 radical (unpaired) electrons. The van der Waals surface area contributed by atoms with Crippen molar-refractivity contribution in [2.45, 2.75) is 10.9 Å². The second-order valence-electron chi connectivity index (χ2n) is 4.57. The van der Waals surface area contributed by atoms with E-state index in [1.807, 2.05) is 7.05 Å². The Bertz CT molecular complexity index is 503. The SMILES string of the molecule is CN(CCS(=O)(=O)c1ccc(Br)cc1)C1CNC1.Cl. The number of nitrogens with zero attached hydrogens (tertiary/aromatic N) is 1. The molecule has 19 heavy (non-hydrogen) atoms. The van der Waals surface area contributed by atoms with Crippen LogP contribution >= 0.6 is 28.3 Å². The number of benzene rings is 1. The van der Waals surface area contributed by atoms with Crippen LogP contribution in [0.3, 0.4) is 0 Å². The minimum absolute atomic E-state index is 0. The van der Waals surface area contributed by atoms with Crippen LogP contribution in [-0.4, -0.2) is 51.8 Å². The molecule has 108 valence electrons. The maximum absolute atomic E-state index is 12.1. The molecule has 1 heterocycles. The monoisotopic (exact) mass is 368 g/mol. The fourth-order valence-corrected chi connectivity index (χ4v) is 3.37. The molecular weight excluding hydrogens is 352 g/mol. The molecule has 7 heteroatoms. The van der Waals surface area contributed by atoms with Crippen LogP contribution in [0, 0.1) is 0 Å². The summed E-state index contributed by atoms with van der Waals surface area (Å²) in [5.41, 5.74) is 0. The molecule has 4 nitrogen and oxygen atoms in total. The molecule has 0 unspecified atom stereocenters. The number of halogens is 2. The van der Waals surface area contributed by atoms with E-state index in [1.165, 1.54) is 0 Å². The lowest BCUT2D eigenvalue weighted by Crippen LogP contribution is -2.56. The zero-order chi connectivity index (χ0) is 13.2. The van der Waals surface area contributed by atoms with E-state index >= 15 is 0 Å². The molecule has 1 N–H and O–H groups in total. The quantitative estimate of drug-likeness (QED) is 0.855. The van der Waals surface area contributed by atoms with Gasteiger partial charge in [-0.2, -0.15) is 0 Å². The molecule has 2 rings (SSSR count). The van der Waals surface area contributed by atoms with E-state index in [2.05, 4.69) is 26.1 Å². The van der Waals surface area contributed by atoms with Gasteiger partial charge in [-0.3, -0.25) is 4.90 Å². The van der Waals surface area contributed by atoms with E-state index in [9.17, 15) is 8.42 Å². The van der Waals surface area contributed by atoms with Crippen molar-refractivity contribution >= 4 is 38.2 Å². The van der Waals surface area contributed by atoms with Gasteiger partial charge >= 0.3 is 0 Å². The van der Waals surface area contributed by atoms with Crippen molar-refractivity contribution in [1.82, 2.24) is 10.2 Å². The molecule has 0 aromatic heterocycles. The Morgan fingerprint density at radius 2 is 1.89 bits per heavy atom. The van der Waals surface area contributed by atoms with Gasteiger partial charge in [0, 0.05) is 30.1 Å². The minimum Gasteiger partial charge on any atom is -0.314 e. The van der Waals surface area contributed by atoms with Crippen molar-refractivity contribution in [3.05, 3.63) is 28.7 Å². The van der Waals surface area contributed by atoms with Crippen LogP contribution in [0.15, 0.2) is 33.6 Å². The summed E-state index contributed by atoms with van der Waals surface area (Å²) in [6, 6.07) is 7.28. The number of hydrogen-bond acceptors (Lipinski definition) is 4. The van der Waals surface area contributed by atoms with E-state index in [0.717, 1.165) is 17.6 Å². The molecule has 0 bridgehead atoms. The van der Waals surface area contributed by atoms with Crippen LogP contribution < -0.4 is 5.32 Å². The highest BCUT2D eigenvalue weighted by Crippen LogP contribution is 2.16. The first-order chi connectivity index (χ1) is 8.49. The fourth-order valence-electron chi connectivity index (χ4n) is 1.79. The average molecular weight is 370 g/mol. The zero-order valence-corrected chi connectivity index (χ0v) is 13.9. The molecule has 0 spiro atoms. The summed E-state index contributed by atoms with van der Waals surface area (Å²) in [4.78, 5) is 2.50. The largest absolute Gasteiger partial charge is 0.314 e. The standard InChI is InChI=1S/C12H17BrN2O2S.ClH/c1-15(11-8-14-9-11)6-7-18(16,17)12-4-2-10(13)3-5-12;/h2-5,11,14H,6-9H2,1H3;1H. The molecule has 1 aliphatic rings. The topological polar surface area (TPSA) is 49.4 Å². The van der Waals surface area contributed by atoms with E-state index in [-0.39, 0.29) is 18.2 Å². The van der Waals surface area contributed by atoms with Crippen molar-refractivity contribution in [1.29, 1.82) is 0 Å². The van der Waals surface area contributed by atoms with E-state index in [1.54, 1.807) is 24.3 Å². The van der Waals surface area contributed by atoms with Gasteiger partial charge in [-0.1, -0.05) is 15.9 Å². The number of rotatable bonds is 5. The Morgan fingerprint density at radius 3 is 2.37 bits per heavy atom. The third-order valence-electron chi connectivity index (χ3n) is 3.27. The molecule has 0 saturated carbocycles. The van der Waals surface area contributed by atoms with Gasteiger partial charge in [0.1, 0.15) is 0 Å². The Labute approximate surface area is 129 Å². The lowest BCUT2D eigenvalue weighted by atomic mass is 10.1. The average Bonchev–Trinajstić information content (AvgIpc) is 2.25. The molecule has 1 aromatic rings. The van der Waals surface area contributed by atoms with Crippen LogP contribution in [0.1, 0.15) is 0 Å². The second kappa shape index (κ2) is 7.04. The summed E-state index contributed by atoms with van der Waals surface area (Å²) in [6.45, 7) is 2.48. The summed E-state index contributed by atoms with van der Waals surface area (Å²) in [5, 5.41) is 3.18. The predicted octanol–water partition coefficient (Wildman–Crippen LogP) is 1.55. The number of nitrogens with one attached hydrogen (secondary N) is 1. The minimum atomic E-state index is -3.17. The highest BCUT2D eigenvalue weighted by Gasteiger charge is 2.23.